The summed E-state index contributed by atoms with van der Waals surface area (Å²) in [5.41, 5.74) is 1.17. The lowest BCUT2D eigenvalue weighted by Gasteiger charge is -2.37. The second-order valence-corrected chi connectivity index (χ2v) is 7.32. The van der Waals surface area contributed by atoms with E-state index in [0.29, 0.717) is 5.78 Å². The standard InChI is InChI=1S/C16H24O2S/c17-15(13-5-3-1-2-4-6-13)14-7-9-18-16(11-14)8-10-19-12-16/h5,14H,1-4,6-12H2. The molecule has 2 fully saturated rings. The molecule has 2 aliphatic heterocycles. The Morgan fingerprint density at radius 3 is 3.16 bits per heavy atom. The van der Waals surface area contributed by atoms with Crippen LogP contribution in [0.5, 0.6) is 0 Å². The number of Topliss-reactive ketones (excluding diaryl/α,β-unsaturated/α-hetero) is 1. The van der Waals surface area contributed by atoms with Crippen LogP contribution in [-0.2, 0) is 9.53 Å². The topological polar surface area (TPSA) is 26.3 Å². The van der Waals surface area contributed by atoms with Crippen LogP contribution >= 0.6 is 11.8 Å². The first-order valence-corrected chi connectivity index (χ1v) is 8.90. The molecule has 2 atom stereocenters. The van der Waals surface area contributed by atoms with Crippen LogP contribution in [0.4, 0.5) is 0 Å². The summed E-state index contributed by atoms with van der Waals surface area (Å²) in [7, 11) is 0. The molecule has 0 aromatic carbocycles. The fourth-order valence-corrected chi connectivity index (χ4v) is 4.99. The predicted molar refractivity (Wildman–Crippen MR) is 79.5 cm³/mol. The van der Waals surface area contributed by atoms with Crippen molar-refractivity contribution >= 4 is 17.5 Å². The molecule has 2 unspecified atom stereocenters. The Morgan fingerprint density at radius 2 is 2.32 bits per heavy atom. The van der Waals surface area contributed by atoms with Gasteiger partial charge in [0.2, 0.25) is 0 Å². The summed E-state index contributed by atoms with van der Waals surface area (Å²) in [6, 6.07) is 0. The number of thioether (sulfide) groups is 1. The third-order valence-electron chi connectivity index (χ3n) is 4.79. The maximum absolute atomic E-state index is 12.7. The van der Waals surface area contributed by atoms with Crippen LogP contribution in [0.25, 0.3) is 0 Å². The van der Waals surface area contributed by atoms with Crippen molar-refractivity contribution in [2.24, 2.45) is 5.92 Å². The molecule has 0 saturated carbocycles. The molecule has 19 heavy (non-hydrogen) atoms. The van der Waals surface area contributed by atoms with Crippen LogP contribution < -0.4 is 0 Å². The van der Waals surface area contributed by atoms with Crippen molar-refractivity contribution in [3.05, 3.63) is 11.6 Å². The molecular formula is C16H24O2S. The number of carbonyl (C=O) groups excluding carboxylic acids is 1. The minimum atomic E-state index is 0.0362. The van der Waals surface area contributed by atoms with Gasteiger partial charge in [-0.1, -0.05) is 12.5 Å². The summed E-state index contributed by atoms with van der Waals surface area (Å²) >= 11 is 1.98. The fraction of sp³-hybridized carbons (Fsp3) is 0.812. The molecule has 0 aromatic rings. The van der Waals surface area contributed by atoms with Crippen LogP contribution in [0.2, 0.25) is 0 Å². The van der Waals surface area contributed by atoms with Crippen molar-refractivity contribution in [1.82, 2.24) is 0 Å². The summed E-state index contributed by atoms with van der Waals surface area (Å²) in [5, 5.41) is 0. The van der Waals surface area contributed by atoms with E-state index in [2.05, 4.69) is 6.08 Å². The van der Waals surface area contributed by atoms with Gasteiger partial charge in [0.05, 0.1) is 5.60 Å². The fourth-order valence-electron chi connectivity index (χ4n) is 3.62. The van der Waals surface area contributed by atoms with Crippen LogP contribution in [0.1, 0.15) is 51.4 Å². The van der Waals surface area contributed by atoms with Crippen molar-refractivity contribution in [1.29, 1.82) is 0 Å². The molecule has 3 rings (SSSR count). The summed E-state index contributed by atoms with van der Waals surface area (Å²) in [5.74, 6) is 2.97. The van der Waals surface area contributed by atoms with E-state index in [4.69, 9.17) is 4.74 Å². The molecule has 0 N–H and O–H groups in total. The monoisotopic (exact) mass is 280 g/mol. The van der Waals surface area contributed by atoms with E-state index in [9.17, 15) is 4.79 Å². The van der Waals surface area contributed by atoms with Gasteiger partial charge in [0, 0.05) is 18.3 Å². The molecule has 2 heterocycles. The van der Waals surface area contributed by atoms with E-state index < -0.39 is 0 Å². The van der Waals surface area contributed by atoms with E-state index in [-0.39, 0.29) is 11.5 Å². The van der Waals surface area contributed by atoms with E-state index in [1.807, 2.05) is 11.8 Å². The van der Waals surface area contributed by atoms with Gasteiger partial charge in [-0.3, -0.25) is 4.79 Å². The Morgan fingerprint density at radius 1 is 1.37 bits per heavy atom. The zero-order valence-corrected chi connectivity index (χ0v) is 12.5. The minimum absolute atomic E-state index is 0.0362. The van der Waals surface area contributed by atoms with Gasteiger partial charge >= 0.3 is 0 Å². The molecule has 0 amide bonds. The quantitative estimate of drug-likeness (QED) is 0.770. The summed E-state index contributed by atoms with van der Waals surface area (Å²) < 4.78 is 6.03. The Balaban J connectivity index is 1.67. The third-order valence-corrected chi connectivity index (χ3v) is 6.01. The van der Waals surface area contributed by atoms with Gasteiger partial charge in [0.15, 0.2) is 5.78 Å². The second kappa shape index (κ2) is 6.01. The lowest BCUT2D eigenvalue weighted by molar-refractivity contribution is -0.130. The van der Waals surface area contributed by atoms with Crippen molar-refractivity contribution in [2.75, 3.05) is 18.1 Å². The van der Waals surface area contributed by atoms with E-state index in [0.717, 1.165) is 50.0 Å². The molecular weight excluding hydrogens is 256 g/mol. The van der Waals surface area contributed by atoms with Gasteiger partial charge in [-0.15, -0.1) is 0 Å². The number of ketones is 1. The molecule has 1 spiro atoms. The van der Waals surface area contributed by atoms with E-state index >= 15 is 0 Å². The molecule has 0 radical (unpaired) electrons. The highest BCUT2D eigenvalue weighted by Gasteiger charge is 2.42. The number of hydrogen-bond acceptors (Lipinski definition) is 3. The summed E-state index contributed by atoms with van der Waals surface area (Å²) in [6.07, 6.45) is 11.1. The number of allylic oxidation sites excluding steroid dienone is 2. The van der Waals surface area contributed by atoms with Crippen molar-refractivity contribution in [2.45, 2.75) is 57.0 Å². The zero-order valence-electron chi connectivity index (χ0n) is 11.7. The normalized spacial score (nSPS) is 36.0. The van der Waals surface area contributed by atoms with Crippen LogP contribution in [0.3, 0.4) is 0 Å². The van der Waals surface area contributed by atoms with Gasteiger partial charge in [0.1, 0.15) is 0 Å². The maximum atomic E-state index is 12.7. The van der Waals surface area contributed by atoms with Gasteiger partial charge in [-0.05, 0) is 56.3 Å². The first-order chi connectivity index (χ1) is 9.29. The molecule has 2 nitrogen and oxygen atoms in total. The highest BCUT2D eigenvalue weighted by molar-refractivity contribution is 7.99. The minimum Gasteiger partial charge on any atom is -0.374 e. The third kappa shape index (κ3) is 3.08. The Labute approximate surface area is 120 Å². The smallest absolute Gasteiger partial charge is 0.161 e. The largest absolute Gasteiger partial charge is 0.374 e. The van der Waals surface area contributed by atoms with Gasteiger partial charge in [0.25, 0.3) is 0 Å². The summed E-state index contributed by atoms with van der Waals surface area (Å²) in [4.78, 5) is 12.7. The number of rotatable bonds is 2. The van der Waals surface area contributed by atoms with Gasteiger partial charge < -0.3 is 4.74 Å². The molecule has 1 aliphatic carbocycles. The molecule has 3 heteroatoms. The maximum Gasteiger partial charge on any atom is 0.161 e. The van der Waals surface area contributed by atoms with Gasteiger partial charge in [-0.2, -0.15) is 11.8 Å². The second-order valence-electron chi connectivity index (χ2n) is 6.22. The van der Waals surface area contributed by atoms with Crippen LogP contribution in [-0.4, -0.2) is 29.5 Å². The highest BCUT2D eigenvalue weighted by atomic mass is 32.2. The molecule has 106 valence electrons. The number of hydrogen-bond donors (Lipinski definition) is 0. The number of ether oxygens (including phenoxy) is 1. The van der Waals surface area contributed by atoms with Crippen LogP contribution in [0.15, 0.2) is 11.6 Å². The van der Waals surface area contributed by atoms with Crippen molar-refractivity contribution in [3.63, 3.8) is 0 Å². The lowest BCUT2D eigenvalue weighted by atomic mass is 9.80. The van der Waals surface area contributed by atoms with E-state index in [1.54, 1.807) is 0 Å². The summed E-state index contributed by atoms with van der Waals surface area (Å²) in [6.45, 7) is 0.782. The van der Waals surface area contributed by atoms with Gasteiger partial charge in [-0.25, -0.2) is 0 Å². The lowest BCUT2D eigenvalue weighted by Crippen LogP contribution is -2.42. The first-order valence-electron chi connectivity index (χ1n) is 7.74. The molecule has 3 aliphatic rings. The van der Waals surface area contributed by atoms with Crippen molar-refractivity contribution < 1.29 is 9.53 Å². The highest BCUT2D eigenvalue weighted by Crippen LogP contribution is 2.41. The predicted octanol–water partition coefficient (Wildman–Crippen LogP) is 3.75. The molecule has 2 saturated heterocycles. The SMILES string of the molecule is O=C(C1=CCCCCC1)C1CCOC2(CCSC2)C1. The van der Waals surface area contributed by atoms with Crippen molar-refractivity contribution in [3.8, 4) is 0 Å². The average molecular weight is 280 g/mol. The molecule has 0 bridgehead atoms. The Hall–Kier alpha value is -0.280. The number of carbonyl (C=O) groups is 1. The zero-order chi connectivity index (χ0) is 13.1. The average Bonchev–Trinajstić information content (AvgIpc) is 2.72. The Kier molecular flexibility index (Phi) is 4.33. The first kappa shape index (κ1) is 13.7. The van der Waals surface area contributed by atoms with E-state index in [1.165, 1.54) is 25.0 Å². The van der Waals surface area contributed by atoms with Crippen LogP contribution in [0, 0.1) is 5.92 Å². The Bertz CT molecular complexity index is 369. The molecule has 0 aromatic heterocycles.